The molecule has 0 radical (unpaired) electrons. The van der Waals surface area contributed by atoms with Gasteiger partial charge in [0, 0.05) is 6.04 Å². The summed E-state index contributed by atoms with van der Waals surface area (Å²) in [6.45, 7) is 0. The Hall–Kier alpha value is -0.480. The predicted octanol–water partition coefficient (Wildman–Crippen LogP) is 2.40. The number of nitrogens with zero attached hydrogens (tertiary/aromatic N) is 2. The second-order valence-corrected chi connectivity index (χ2v) is 6.34. The minimum Gasteiger partial charge on any atom is -0.393 e. The van der Waals surface area contributed by atoms with E-state index in [1.54, 1.807) is 0 Å². The van der Waals surface area contributed by atoms with Crippen LogP contribution >= 0.6 is 0 Å². The van der Waals surface area contributed by atoms with Crippen LogP contribution < -0.4 is 0 Å². The fourth-order valence-electron chi connectivity index (χ4n) is 3.94. The molecule has 104 valence electrons. The van der Waals surface area contributed by atoms with Crippen LogP contribution in [0.15, 0.2) is 5.18 Å². The molecular formula is C14H26N2O2. The molecule has 1 N–H and O–H groups in total. The first-order chi connectivity index (χ1) is 8.61. The Kier molecular flexibility index (Phi) is 4.73. The van der Waals surface area contributed by atoms with E-state index in [9.17, 15) is 10.0 Å². The molecule has 2 aliphatic carbocycles. The van der Waals surface area contributed by atoms with Gasteiger partial charge in [-0.3, -0.25) is 0 Å². The smallest absolute Gasteiger partial charge is 0.0923 e. The topological polar surface area (TPSA) is 52.9 Å². The van der Waals surface area contributed by atoms with Gasteiger partial charge in [0.05, 0.1) is 12.1 Å². The molecule has 0 aromatic heterocycles. The average molecular weight is 254 g/mol. The van der Waals surface area contributed by atoms with Crippen molar-refractivity contribution in [3.05, 3.63) is 4.91 Å². The van der Waals surface area contributed by atoms with Gasteiger partial charge in [-0.15, -0.1) is 0 Å². The van der Waals surface area contributed by atoms with Gasteiger partial charge in [-0.05, 0) is 70.9 Å². The molecule has 0 aliphatic heterocycles. The van der Waals surface area contributed by atoms with Gasteiger partial charge in [-0.25, -0.2) is 0 Å². The largest absolute Gasteiger partial charge is 0.393 e. The standard InChI is InChI=1S/C14H26N2O2/c1-16(2)14-8-5-11(15-18)9-13(14)10-3-6-12(17)7-4-10/h10-14,17H,3-9H2,1-2H3. The Morgan fingerprint density at radius 3 is 2.28 bits per heavy atom. The summed E-state index contributed by atoms with van der Waals surface area (Å²) in [5.74, 6) is 1.26. The number of hydrogen-bond donors (Lipinski definition) is 1. The molecule has 0 spiro atoms. The zero-order valence-electron chi connectivity index (χ0n) is 11.6. The third-order valence-electron chi connectivity index (χ3n) is 4.99. The van der Waals surface area contributed by atoms with Crippen LogP contribution in [-0.2, 0) is 0 Å². The van der Waals surface area contributed by atoms with Crippen LogP contribution in [0.2, 0.25) is 0 Å². The molecule has 0 heterocycles. The lowest BCUT2D eigenvalue weighted by molar-refractivity contribution is 0.0439. The highest BCUT2D eigenvalue weighted by Crippen LogP contribution is 2.40. The lowest BCUT2D eigenvalue weighted by atomic mass is 9.69. The van der Waals surface area contributed by atoms with E-state index in [1.807, 2.05) is 0 Å². The fraction of sp³-hybridized carbons (Fsp3) is 1.00. The van der Waals surface area contributed by atoms with E-state index >= 15 is 0 Å². The van der Waals surface area contributed by atoms with Crippen molar-refractivity contribution >= 4 is 0 Å². The van der Waals surface area contributed by atoms with Crippen LogP contribution in [0.25, 0.3) is 0 Å². The SMILES string of the molecule is CN(C)C1CCC(N=O)CC1C1CCC(O)CC1. The number of nitroso groups, excluding NO2 is 1. The Balaban J connectivity index is 2.02. The van der Waals surface area contributed by atoms with E-state index in [4.69, 9.17) is 0 Å². The summed E-state index contributed by atoms with van der Waals surface area (Å²) in [4.78, 5) is 13.1. The maximum atomic E-state index is 10.8. The Labute approximate surface area is 110 Å². The van der Waals surface area contributed by atoms with Gasteiger partial charge >= 0.3 is 0 Å². The summed E-state index contributed by atoms with van der Waals surface area (Å²) in [6, 6.07) is 0.612. The summed E-state index contributed by atoms with van der Waals surface area (Å²) in [5, 5.41) is 12.9. The number of aliphatic hydroxyl groups excluding tert-OH is 1. The average Bonchev–Trinajstić information content (AvgIpc) is 2.38. The number of rotatable bonds is 3. The minimum absolute atomic E-state index is 0.0260. The van der Waals surface area contributed by atoms with Gasteiger partial charge < -0.3 is 10.0 Å². The van der Waals surface area contributed by atoms with E-state index in [-0.39, 0.29) is 12.1 Å². The molecule has 3 atom stereocenters. The molecule has 2 saturated carbocycles. The highest BCUT2D eigenvalue weighted by Gasteiger charge is 2.38. The second-order valence-electron chi connectivity index (χ2n) is 6.34. The molecule has 3 unspecified atom stereocenters. The van der Waals surface area contributed by atoms with E-state index in [2.05, 4.69) is 24.2 Å². The van der Waals surface area contributed by atoms with Gasteiger partial charge in [-0.2, -0.15) is 4.91 Å². The van der Waals surface area contributed by atoms with Gasteiger partial charge in [0.15, 0.2) is 0 Å². The van der Waals surface area contributed by atoms with Crippen molar-refractivity contribution in [1.29, 1.82) is 0 Å². The summed E-state index contributed by atoms with van der Waals surface area (Å²) >= 11 is 0. The maximum absolute atomic E-state index is 10.8. The van der Waals surface area contributed by atoms with Crippen molar-refractivity contribution in [1.82, 2.24) is 4.90 Å². The van der Waals surface area contributed by atoms with Crippen molar-refractivity contribution in [2.45, 2.75) is 63.1 Å². The summed E-state index contributed by atoms with van der Waals surface area (Å²) in [5.41, 5.74) is 0. The van der Waals surface area contributed by atoms with Crippen molar-refractivity contribution in [2.24, 2.45) is 17.0 Å². The molecule has 0 aromatic carbocycles. The zero-order chi connectivity index (χ0) is 13.1. The number of aliphatic hydroxyl groups is 1. The first-order valence-electron chi connectivity index (χ1n) is 7.28. The van der Waals surface area contributed by atoms with Gasteiger partial charge in [0.25, 0.3) is 0 Å². The molecule has 4 nitrogen and oxygen atoms in total. The second kappa shape index (κ2) is 6.11. The summed E-state index contributed by atoms with van der Waals surface area (Å²) < 4.78 is 0. The van der Waals surface area contributed by atoms with Crippen LogP contribution in [0.5, 0.6) is 0 Å². The molecule has 0 aromatic rings. The van der Waals surface area contributed by atoms with Gasteiger partial charge in [0.2, 0.25) is 0 Å². The van der Waals surface area contributed by atoms with Crippen LogP contribution in [0.3, 0.4) is 0 Å². The Morgan fingerprint density at radius 1 is 1.06 bits per heavy atom. The third kappa shape index (κ3) is 3.09. The molecule has 18 heavy (non-hydrogen) atoms. The zero-order valence-corrected chi connectivity index (χ0v) is 11.6. The lowest BCUT2D eigenvalue weighted by Gasteiger charge is -2.43. The third-order valence-corrected chi connectivity index (χ3v) is 4.99. The normalized spacial score (nSPS) is 41.9. The molecule has 0 bridgehead atoms. The van der Waals surface area contributed by atoms with Crippen molar-refractivity contribution in [2.75, 3.05) is 14.1 Å². The Morgan fingerprint density at radius 2 is 1.72 bits per heavy atom. The van der Waals surface area contributed by atoms with Crippen LogP contribution in [0.1, 0.15) is 44.9 Å². The first kappa shape index (κ1) is 13.9. The predicted molar refractivity (Wildman–Crippen MR) is 72.4 cm³/mol. The van der Waals surface area contributed by atoms with E-state index in [1.165, 1.54) is 0 Å². The monoisotopic (exact) mass is 254 g/mol. The molecule has 2 aliphatic rings. The fourth-order valence-corrected chi connectivity index (χ4v) is 3.94. The van der Waals surface area contributed by atoms with E-state index < -0.39 is 0 Å². The first-order valence-corrected chi connectivity index (χ1v) is 7.28. The van der Waals surface area contributed by atoms with Crippen LogP contribution in [-0.4, -0.2) is 42.3 Å². The maximum Gasteiger partial charge on any atom is 0.0923 e. The van der Waals surface area contributed by atoms with Crippen molar-refractivity contribution in [3.8, 4) is 0 Å². The molecule has 4 heteroatoms. The molecule has 2 fully saturated rings. The van der Waals surface area contributed by atoms with E-state index in [0.29, 0.717) is 17.9 Å². The summed E-state index contributed by atoms with van der Waals surface area (Å²) in [7, 11) is 4.29. The lowest BCUT2D eigenvalue weighted by Crippen LogP contribution is -2.45. The summed E-state index contributed by atoms with van der Waals surface area (Å²) in [6.07, 6.45) is 6.98. The highest BCUT2D eigenvalue weighted by atomic mass is 16.3. The van der Waals surface area contributed by atoms with Crippen LogP contribution in [0, 0.1) is 16.7 Å². The number of hydrogen-bond acceptors (Lipinski definition) is 4. The van der Waals surface area contributed by atoms with Crippen molar-refractivity contribution < 1.29 is 5.11 Å². The van der Waals surface area contributed by atoms with Crippen LogP contribution in [0.4, 0.5) is 0 Å². The molecule has 2 rings (SSSR count). The minimum atomic E-state index is -0.0948. The molecule has 0 amide bonds. The molecular weight excluding hydrogens is 228 g/mol. The van der Waals surface area contributed by atoms with Gasteiger partial charge in [-0.1, -0.05) is 5.18 Å². The molecule has 0 saturated heterocycles. The highest BCUT2D eigenvalue weighted by molar-refractivity contribution is 4.92. The Bertz CT molecular complexity index is 275. The van der Waals surface area contributed by atoms with Crippen molar-refractivity contribution in [3.63, 3.8) is 0 Å². The quantitative estimate of drug-likeness (QED) is 0.787. The van der Waals surface area contributed by atoms with Gasteiger partial charge in [0.1, 0.15) is 0 Å². The van der Waals surface area contributed by atoms with E-state index in [0.717, 1.165) is 44.9 Å².